The first kappa shape index (κ1) is 14.6. The molecule has 0 fully saturated rings. The van der Waals surface area contributed by atoms with E-state index in [4.69, 9.17) is 0 Å². The van der Waals surface area contributed by atoms with Gasteiger partial charge in [-0.15, -0.1) is 0 Å². The van der Waals surface area contributed by atoms with E-state index in [9.17, 15) is 5.11 Å². The Hall–Kier alpha value is -1.76. The zero-order chi connectivity index (χ0) is 14.9. The molecule has 0 saturated carbocycles. The average molecular weight is 268 g/mol. The van der Waals surface area contributed by atoms with Crippen LogP contribution in [0.25, 0.3) is 0 Å². The van der Waals surface area contributed by atoms with E-state index in [1.807, 2.05) is 0 Å². The largest absolute Gasteiger partial charge is 0.507 e. The summed E-state index contributed by atoms with van der Waals surface area (Å²) < 4.78 is 0. The Kier molecular flexibility index (Phi) is 3.89. The second kappa shape index (κ2) is 5.32. The Bertz CT molecular complexity index is 618. The summed E-state index contributed by atoms with van der Waals surface area (Å²) in [6.45, 7) is 10.6. The molecule has 0 amide bonds. The second-order valence-corrected chi connectivity index (χ2v) is 6.74. The second-order valence-electron chi connectivity index (χ2n) is 6.74. The van der Waals surface area contributed by atoms with Crippen LogP contribution in [0.3, 0.4) is 0 Å². The van der Waals surface area contributed by atoms with Crippen LogP contribution in [0, 0.1) is 13.8 Å². The molecule has 1 heteroatoms. The maximum Gasteiger partial charge on any atom is 0.122 e. The van der Waals surface area contributed by atoms with E-state index in [1.54, 1.807) is 0 Å². The van der Waals surface area contributed by atoms with E-state index in [2.05, 4.69) is 71.0 Å². The van der Waals surface area contributed by atoms with Crippen LogP contribution < -0.4 is 0 Å². The summed E-state index contributed by atoms with van der Waals surface area (Å²) in [5, 5.41) is 10.6. The molecule has 2 aromatic carbocycles. The zero-order valence-electron chi connectivity index (χ0n) is 13.1. The van der Waals surface area contributed by atoms with E-state index in [0.29, 0.717) is 5.75 Å². The number of benzene rings is 2. The van der Waals surface area contributed by atoms with Gasteiger partial charge in [0.1, 0.15) is 5.75 Å². The lowest BCUT2D eigenvalue weighted by Gasteiger charge is -2.23. The fourth-order valence-electron chi connectivity index (χ4n) is 2.60. The van der Waals surface area contributed by atoms with Gasteiger partial charge < -0.3 is 5.11 Å². The molecule has 106 valence electrons. The average Bonchev–Trinajstić information content (AvgIpc) is 2.32. The molecule has 0 aliphatic rings. The van der Waals surface area contributed by atoms with E-state index < -0.39 is 0 Å². The number of hydrogen-bond acceptors (Lipinski definition) is 1. The van der Waals surface area contributed by atoms with Crippen molar-refractivity contribution < 1.29 is 5.11 Å². The van der Waals surface area contributed by atoms with Crippen molar-refractivity contribution in [3.63, 3.8) is 0 Å². The number of aryl methyl sites for hydroxylation is 2. The maximum absolute atomic E-state index is 10.6. The lowest BCUT2D eigenvalue weighted by molar-refractivity contribution is 0.441. The van der Waals surface area contributed by atoms with E-state index >= 15 is 0 Å². The van der Waals surface area contributed by atoms with Gasteiger partial charge in [-0.3, -0.25) is 0 Å². The van der Waals surface area contributed by atoms with Gasteiger partial charge in [-0.2, -0.15) is 0 Å². The van der Waals surface area contributed by atoms with Crippen LogP contribution in [-0.4, -0.2) is 5.11 Å². The standard InChI is InChI=1S/C19H24O/c1-13-7-6-8-15(9-13)12-16-10-14(2)11-17(18(16)20)19(3,4)5/h6-11,20H,12H2,1-5H3. The quantitative estimate of drug-likeness (QED) is 0.821. The van der Waals surface area contributed by atoms with E-state index in [-0.39, 0.29) is 5.41 Å². The Morgan fingerprint density at radius 3 is 2.25 bits per heavy atom. The summed E-state index contributed by atoms with van der Waals surface area (Å²) >= 11 is 0. The van der Waals surface area contributed by atoms with Gasteiger partial charge in [0.25, 0.3) is 0 Å². The van der Waals surface area contributed by atoms with Crippen molar-refractivity contribution in [1.29, 1.82) is 0 Å². The predicted molar refractivity (Wildman–Crippen MR) is 85.5 cm³/mol. The van der Waals surface area contributed by atoms with Crippen molar-refractivity contribution in [3.05, 3.63) is 64.2 Å². The van der Waals surface area contributed by atoms with Crippen LogP contribution in [0.1, 0.15) is 48.6 Å². The first-order valence-electron chi connectivity index (χ1n) is 7.16. The molecule has 1 N–H and O–H groups in total. The lowest BCUT2D eigenvalue weighted by atomic mass is 9.83. The minimum atomic E-state index is -0.0442. The van der Waals surface area contributed by atoms with Crippen LogP contribution in [-0.2, 0) is 11.8 Å². The Balaban J connectivity index is 2.45. The molecule has 0 heterocycles. The predicted octanol–water partition coefficient (Wildman–Crippen LogP) is 4.90. The van der Waals surface area contributed by atoms with Gasteiger partial charge in [0, 0.05) is 6.42 Å². The Morgan fingerprint density at radius 1 is 0.950 bits per heavy atom. The maximum atomic E-state index is 10.6. The summed E-state index contributed by atoms with van der Waals surface area (Å²) in [6, 6.07) is 12.6. The smallest absolute Gasteiger partial charge is 0.122 e. The van der Waals surface area contributed by atoms with Gasteiger partial charge in [0.2, 0.25) is 0 Å². The molecule has 0 atom stereocenters. The van der Waals surface area contributed by atoms with Crippen molar-refractivity contribution in [2.24, 2.45) is 0 Å². The van der Waals surface area contributed by atoms with Gasteiger partial charge in [-0.1, -0.05) is 68.3 Å². The highest BCUT2D eigenvalue weighted by Crippen LogP contribution is 2.35. The zero-order valence-corrected chi connectivity index (χ0v) is 13.1. The van der Waals surface area contributed by atoms with Crippen molar-refractivity contribution in [1.82, 2.24) is 0 Å². The normalized spacial score (nSPS) is 11.7. The third-order valence-electron chi connectivity index (χ3n) is 3.62. The van der Waals surface area contributed by atoms with Crippen LogP contribution in [0.5, 0.6) is 5.75 Å². The molecule has 0 aliphatic carbocycles. The molecular formula is C19H24O. The molecule has 20 heavy (non-hydrogen) atoms. The highest BCUT2D eigenvalue weighted by molar-refractivity contribution is 5.48. The first-order valence-corrected chi connectivity index (χ1v) is 7.16. The third-order valence-corrected chi connectivity index (χ3v) is 3.62. The number of rotatable bonds is 2. The molecule has 0 spiro atoms. The lowest BCUT2D eigenvalue weighted by Crippen LogP contribution is -2.12. The van der Waals surface area contributed by atoms with Crippen LogP contribution in [0.15, 0.2) is 36.4 Å². The van der Waals surface area contributed by atoms with E-state index in [0.717, 1.165) is 17.5 Å². The van der Waals surface area contributed by atoms with Crippen molar-refractivity contribution in [2.75, 3.05) is 0 Å². The van der Waals surface area contributed by atoms with Crippen LogP contribution in [0.4, 0.5) is 0 Å². The summed E-state index contributed by atoms with van der Waals surface area (Å²) in [4.78, 5) is 0. The van der Waals surface area contributed by atoms with Gasteiger partial charge >= 0.3 is 0 Å². The summed E-state index contributed by atoms with van der Waals surface area (Å²) in [5.41, 5.74) is 5.70. The molecule has 0 radical (unpaired) electrons. The number of phenols is 1. The summed E-state index contributed by atoms with van der Waals surface area (Å²) in [7, 11) is 0. The first-order chi connectivity index (χ1) is 9.27. The molecule has 2 aromatic rings. The third kappa shape index (κ3) is 3.22. The molecule has 0 aliphatic heterocycles. The molecule has 1 nitrogen and oxygen atoms in total. The minimum Gasteiger partial charge on any atom is -0.507 e. The molecule has 0 saturated heterocycles. The fraction of sp³-hybridized carbons (Fsp3) is 0.368. The topological polar surface area (TPSA) is 20.2 Å². The summed E-state index contributed by atoms with van der Waals surface area (Å²) in [5.74, 6) is 0.449. The van der Waals surface area contributed by atoms with Crippen LogP contribution in [0.2, 0.25) is 0 Å². The van der Waals surface area contributed by atoms with Gasteiger partial charge in [0.15, 0.2) is 0 Å². The monoisotopic (exact) mass is 268 g/mol. The highest BCUT2D eigenvalue weighted by Gasteiger charge is 2.20. The number of aromatic hydroxyl groups is 1. The Morgan fingerprint density at radius 2 is 1.65 bits per heavy atom. The number of hydrogen-bond donors (Lipinski definition) is 1. The van der Waals surface area contributed by atoms with Gasteiger partial charge in [-0.25, -0.2) is 0 Å². The SMILES string of the molecule is Cc1cccc(Cc2cc(C)cc(C(C)(C)C)c2O)c1. The minimum absolute atomic E-state index is 0.0442. The van der Waals surface area contributed by atoms with Crippen molar-refractivity contribution in [2.45, 2.75) is 46.5 Å². The Labute approximate surface area is 122 Å². The summed E-state index contributed by atoms with van der Waals surface area (Å²) in [6.07, 6.45) is 0.776. The van der Waals surface area contributed by atoms with Crippen molar-refractivity contribution >= 4 is 0 Å². The molecule has 0 unspecified atom stereocenters. The molecule has 0 bridgehead atoms. The van der Waals surface area contributed by atoms with Crippen molar-refractivity contribution in [3.8, 4) is 5.75 Å². The molecular weight excluding hydrogens is 244 g/mol. The van der Waals surface area contributed by atoms with E-state index in [1.165, 1.54) is 16.7 Å². The highest BCUT2D eigenvalue weighted by atomic mass is 16.3. The van der Waals surface area contributed by atoms with Gasteiger partial charge in [-0.05, 0) is 36.0 Å². The molecule has 2 rings (SSSR count). The van der Waals surface area contributed by atoms with Crippen LogP contribution >= 0.6 is 0 Å². The fourth-order valence-corrected chi connectivity index (χ4v) is 2.60. The molecule has 0 aromatic heterocycles. The van der Waals surface area contributed by atoms with Gasteiger partial charge in [0.05, 0.1) is 0 Å². The number of phenolic OH excluding ortho intramolecular Hbond substituents is 1.